The minimum absolute atomic E-state index is 0. The molecule has 0 radical (unpaired) electrons. The van der Waals surface area contributed by atoms with Gasteiger partial charge in [-0.2, -0.15) is 13.2 Å². The normalized spacial score (nSPS) is 14.1. The van der Waals surface area contributed by atoms with E-state index < -0.39 is 11.7 Å². The van der Waals surface area contributed by atoms with Crippen LogP contribution in [0.5, 0.6) is 0 Å². The van der Waals surface area contributed by atoms with Gasteiger partial charge in [-0.05, 0) is 37.1 Å². The van der Waals surface area contributed by atoms with E-state index in [1.54, 1.807) is 0 Å². The average molecular weight is 516 g/mol. The fourth-order valence-electron chi connectivity index (χ4n) is 3.31. The Morgan fingerprint density at radius 1 is 1.17 bits per heavy atom. The number of alkyl halides is 3. The molecule has 1 N–H and O–H groups in total. The van der Waals surface area contributed by atoms with Crippen molar-refractivity contribution in [3.05, 3.63) is 59.5 Å². The smallest absolute Gasteiger partial charge is 0.356 e. The molecule has 154 valence electrons. The number of para-hydroxylation sites is 1. The number of benzene rings is 1. The first-order chi connectivity index (χ1) is 13.5. The van der Waals surface area contributed by atoms with E-state index in [-0.39, 0.29) is 30.5 Å². The van der Waals surface area contributed by atoms with Crippen LogP contribution in [-0.4, -0.2) is 33.6 Å². The molecule has 1 aromatic carbocycles. The van der Waals surface area contributed by atoms with Crippen molar-refractivity contribution in [2.24, 2.45) is 4.99 Å². The van der Waals surface area contributed by atoms with Gasteiger partial charge in [0.25, 0.3) is 0 Å². The van der Waals surface area contributed by atoms with Gasteiger partial charge in [0.2, 0.25) is 0 Å². The molecule has 0 unspecified atom stereocenters. The quantitative estimate of drug-likeness (QED) is 0.326. The molecule has 2 aromatic heterocycles. The van der Waals surface area contributed by atoms with E-state index in [0.29, 0.717) is 24.0 Å². The summed E-state index contributed by atoms with van der Waals surface area (Å²) in [6, 6.07) is 10.4. The highest BCUT2D eigenvalue weighted by Gasteiger charge is 2.31. The van der Waals surface area contributed by atoms with Crippen LogP contribution >= 0.6 is 24.0 Å². The number of guanidine groups is 1. The van der Waals surface area contributed by atoms with E-state index in [4.69, 9.17) is 0 Å². The van der Waals surface area contributed by atoms with Gasteiger partial charge >= 0.3 is 6.18 Å². The summed E-state index contributed by atoms with van der Waals surface area (Å²) in [6.45, 7) is 3.56. The number of aromatic nitrogens is 3. The van der Waals surface area contributed by atoms with E-state index in [9.17, 15) is 13.2 Å². The highest BCUT2D eigenvalue weighted by Crippen LogP contribution is 2.29. The second kappa shape index (κ2) is 8.56. The predicted octanol–water partition coefficient (Wildman–Crippen LogP) is 3.89. The fraction of sp³-hybridized carbons (Fsp3) is 0.316. The van der Waals surface area contributed by atoms with E-state index in [1.165, 1.54) is 16.0 Å². The Morgan fingerprint density at radius 2 is 1.97 bits per heavy atom. The van der Waals surface area contributed by atoms with Crippen molar-refractivity contribution in [2.75, 3.05) is 18.0 Å². The highest BCUT2D eigenvalue weighted by atomic mass is 127. The van der Waals surface area contributed by atoms with Gasteiger partial charge in [0.15, 0.2) is 17.4 Å². The van der Waals surface area contributed by atoms with Gasteiger partial charge in [-0.15, -0.1) is 34.2 Å². The van der Waals surface area contributed by atoms with Gasteiger partial charge in [0, 0.05) is 25.0 Å². The number of aliphatic imine (C=N–C) groups is 1. The molecule has 1 aliphatic heterocycles. The van der Waals surface area contributed by atoms with Crippen LogP contribution in [0.25, 0.3) is 5.65 Å². The number of rotatable bonds is 3. The van der Waals surface area contributed by atoms with Crippen LogP contribution in [0.4, 0.5) is 18.9 Å². The molecule has 0 atom stereocenters. The number of anilines is 1. The van der Waals surface area contributed by atoms with Crippen LogP contribution in [0, 0.1) is 0 Å². The zero-order valence-corrected chi connectivity index (χ0v) is 18.0. The number of halogens is 4. The predicted molar refractivity (Wildman–Crippen MR) is 116 cm³/mol. The monoisotopic (exact) mass is 516 g/mol. The lowest BCUT2D eigenvalue weighted by Crippen LogP contribution is -2.40. The molecule has 0 aliphatic carbocycles. The zero-order chi connectivity index (χ0) is 19.7. The molecule has 0 spiro atoms. The molecule has 0 bridgehead atoms. The third kappa shape index (κ3) is 4.31. The van der Waals surface area contributed by atoms with Crippen LogP contribution < -0.4 is 10.2 Å². The fourth-order valence-corrected chi connectivity index (χ4v) is 3.31. The minimum atomic E-state index is -4.42. The van der Waals surface area contributed by atoms with Gasteiger partial charge in [-0.3, -0.25) is 4.40 Å². The third-order valence-electron chi connectivity index (χ3n) is 4.65. The molecule has 10 heteroatoms. The topological polar surface area (TPSA) is 57.8 Å². The lowest BCUT2D eigenvalue weighted by molar-refractivity contribution is -0.137. The molecule has 29 heavy (non-hydrogen) atoms. The number of nitrogens with zero attached hydrogens (tertiary/aromatic N) is 5. The van der Waals surface area contributed by atoms with Crippen molar-refractivity contribution in [3.63, 3.8) is 0 Å². The second-order valence-corrected chi connectivity index (χ2v) is 6.46. The molecule has 0 saturated carbocycles. The van der Waals surface area contributed by atoms with Crippen LogP contribution in [-0.2, 0) is 19.1 Å². The summed E-state index contributed by atoms with van der Waals surface area (Å²) in [4.78, 5) is 6.69. The molecule has 0 fully saturated rings. The van der Waals surface area contributed by atoms with Crippen molar-refractivity contribution in [3.8, 4) is 0 Å². The van der Waals surface area contributed by atoms with E-state index >= 15 is 0 Å². The summed E-state index contributed by atoms with van der Waals surface area (Å²) in [5, 5.41) is 11.2. The van der Waals surface area contributed by atoms with Crippen molar-refractivity contribution < 1.29 is 13.2 Å². The molecule has 3 heterocycles. The van der Waals surface area contributed by atoms with Crippen molar-refractivity contribution >= 4 is 41.3 Å². The Balaban J connectivity index is 0.00000240. The lowest BCUT2D eigenvalue weighted by Gasteiger charge is -2.22. The Labute approximate surface area is 182 Å². The summed E-state index contributed by atoms with van der Waals surface area (Å²) in [6.07, 6.45) is -2.49. The molecule has 4 rings (SSSR count). The first-order valence-electron chi connectivity index (χ1n) is 9.02. The van der Waals surface area contributed by atoms with Gasteiger partial charge in [-0.25, -0.2) is 4.99 Å². The number of fused-ring (bicyclic) bond motifs is 2. The second-order valence-electron chi connectivity index (χ2n) is 6.46. The molecular weight excluding hydrogens is 496 g/mol. The third-order valence-corrected chi connectivity index (χ3v) is 4.65. The van der Waals surface area contributed by atoms with Gasteiger partial charge in [0.1, 0.15) is 6.54 Å². The Hall–Kier alpha value is -2.37. The SMILES string of the molecule is CCNC(=NCc1nnc2ccc(C(F)(F)F)cn12)N1CCc2ccccc21.I. The molecule has 6 nitrogen and oxygen atoms in total. The number of pyridine rings is 1. The van der Waals surface area contributed by atoms with E-state index in [1.807, 2.05) is 25.1 Å². The molecule has 1 aliphatic rings. The number of hydrogen-bond donors (Lipinski definition) is 1. The Kier molecular flexibility index (Phi) is 6.30. The highest BCUT2D eigenvalue weighted by molar-refractivity contribution is 14.0. The first kappa shape index (κ1) is 21.3. The minimum Gasteiger partial charge on any atom is -0.356 e. The van der Waals surface area contributed by atoms with Crippen LogP contribution in [0.15, 0.2) is 47.6 Å². The van der Waals surface area contributed by atoms with Crippen LogP contribution in [0.3, 0.4) is 0 Å². The number of hydrogen-bond acceptors (Lipinski definition) is 3. The molecule has 0 amide bonds. The first-order valence-corrected chi connectivity index (χ1v) is 9.02. The zero-order valence-electron chi connectivity index (χ0n) is 15.6. The summed E-state index contributed by atoms with van der Waals surface area (Å²) in [5.41, 5.74) is 1.95. The van der Waals surface area contributed by atoms with Gasteiger partial charge in [0.05, 0.1) is 5.56 Å². The van der Waals surface area contributed by atoms with Crippen molar-refractivity contribution in [1.29, 1.82) is 0 Å². The Bertz CT molecular complexity index is 1030. The maximum atomic E-state index is 13.0. The lowest BCUT2D eigenvalue weighted by atomic mass is 10.2. The maximum absolute atomic E-state index is 13.0. The standard InChI is InChI=1S/C19H19F3N6.HI/c1-2-23-18(27-10-9-13-5-3-4-6-15(13)27)24-11-17-26-25-16-8-7-14(12-28(16)17)19(20,21)22;/h3-8,12H,2,9-11H2,1H3,(H,23,24);1H. The van der Waals surface area contributed by atoms with E-state index in [0.717, 1.165) is 30.9 Å². The van der Waals surface area contributed by atoms with Crippen molar-refractivity contribution in [2.45, 2.75) is 26.1 Å². The Morgan fingerprint density at radius 3 is 2.72 bits per heavy atom. The number of nitrogens with one attached hydrogen (secondary N) is 1. The molecule has 0 saturated heterocycles. The van der Waals surface area contributed by atoms with Crippen molar-refractivity contribution in [1.82, 2.24) is 19.9 Å². The summed E-state index contributed by atoms with van der Waals surface area (Å²) < 4.78 is 40.4. The van der Waals surface area contributed by atoms with E-state index in [2.05, 4.69) is 31.5 Å². The largest absolute Gasteiger partial charge is 0.417 e. The molecular formula is C19H20F3IN6. The summed E-state index contributed by atoms with van der Waals surface area (Å²) >= 11 is 0. The van der Waals surface area contributed by atoms with Crippen LogP contribution in [0.1, 0.15) is 23.9 Å². The maximum Gasteiger partial charge on any atom is 0.417 e. The van der Waals surface area contributed by atoms with Gasteiger partial charge < -0.3 is 10.2 Å². The average Bonchev–Trinajstić information content (AvgIpc) is 3.28. The summed E-state index contributed by atoms with van der Waals surface area (Å²) in [7, 11) is 0. The van der Waals surface area contributed by atoms with Gasteiger partial charge in [-0.1, -0.05) is 18.2 Å². The molecule has 3 aromatic rings. The summed E-state index contributed by atoms with van der Waals surface area (Å²) in [5.74, 6) is 1.03. The van der Waals surface area contributed by atoms with Crippen LogP contribution in [0.2, 0.25) is 0 Å².